The molecule has 2 rings (SSSR count). The van der Waals surface area contributed by atoms with Gasteiger partial charge in [-0.05, 0) is 43.4 Å². The number of rotatable bonds is 6. The molecule has 0 bridgehead atoms. The van der Waals surface area contributed by atoms with Crippen molar-refractivity contribution in [1.82, 2.24) is 10.2 Å². The van der Waals surface area contributed by atoms with E-state index in [9.17, 15) is 18.0 Å². The van der Waals surface area contributed by atoms with Crippen LogP contribution in [0.15, 0.2) is 60.7 Å². The van der Waals surface area contributed by atoms with Gasteiger partial charge in [0.2, 0.25) is 5.91 Å². The highest BCUT2D eigenvalue weighted by atomic mass is 19.4. The highest BCUT2D eigenvalue weighted by molar-refractivity contribution is 5.92. The van der Waals surface area contributed by atoms with Crippen LogP contribution in [0.5, 0.6) is 0 Å². The molecule has 0 aliphatic carbocycles. The lowest BCUT2D eigenvalue weighted by atomic mass is 10.1. The third-order valence-corrected chi connectivity index (χ3v) is 3.71. The molecule has 0 aliphatic heterocycles. The van der Waals surface area contributed by atoms with Crippen molar-refractivity contribution in [2.24, 2.45) is 0 Å². The van der Waals surface area contributed by atoms with Gasteiger partial charge in [-0.1, -0.05) is 42.5 Å². The fourth-order valence-electron chi connectivity index (χ4n) is 2.50. The van der Waals surface area contributed by atoms with Crippen LogP contribution in [0, 0.1) is 0 Å². The number of carbonyl (C=O) groups excluding carboxylic acids is 1. The summed E-state index contributed by atoms with van der Waals surface area (Å²) in [7, 11) is 3.81. The fourth-order valence-corrected chi connectivity index (χ4v) is 2.50. The molecule has 1 unspecified atom stereocenters. The van der Waals surface area contributed by atoms with Crippen LogP contribution in [-0.2, 0) is 11.0 Å². The summed E-state index contributed by atoms with van der Waals surface area (Å²) in [5.41, 5.74) is 0.538. The zero-order valence-corrected chi connectivity index (χ0v) is 14.6. The zero-order valence-electron chi connectivity index (χ0n) is 14.6. The van der Waals surface area contributed by atoms with Crippen LogP contribution in [0.1, 0.15) is 22.7 Å². The molecule has 1 atom stereocenters. The minimum atomic E-state index is -4.41. The van der Waals surface area contributed by atoms with Crippen molar-refractivity contribution in [3.63, 3.8) is 0 Å². The minimum Gasteiger partial charge on any atom is -0.344 e. The predicted octanol–water partition coefficient (Wildman–Crippen LogP) is 4.14. The van der Waals surface area contributed by atoms with Crippen molar-refractivity contribution in [1.29, 1.82) is 0 Å². The van der Waals surface area contributed by atoms with E-state index in [1.54, 1.807) is 0 Å². The average molecular weight is 362 g/mol. The van der Waals surface area contributed by atoms with Crippen LogP contribution in [0.4, 0.5) is 13.2 Å². The van der Waals surface area contributed by atoms with Gasteiger partial charge < -0.3 is 10.2 Å². The van der Waals surface area contributed by atoms with Crippen molar-refractivity contribution in [2.75, 3.05) is 20.6 Å². The Morgan fingerprint density at radius 2 is 1.81 bits per heavy atom. The Kier molecular flexibility index (Phi) is 6.58. The van der Waals surface area contributed by atoms with Gasteiger partial charge in [0, 0.05) is 12.6 Å². The van der Waals surface area contributed by atoms with Gasteiger partial charge in [0.1, 0.15) is 0 Å². The van der Waals surface area contributed by atoms with Crippen molar-refractivity contribution in [2.45, 2.75) is 12.2 Å². The first kappa shape index (κ1) is 19.7. The summed E-state index contributed by atoms with van der Waals surface area (Å²) in [6.07, 6.45) is -1.78. The van der Waals surface area contributed by atoms with Gasteiger partial charge in [-0.2, -0.15) is 13.2 Å². The highest BCUT2D eigenvalue weighted by Crippen LogP contribution is 2.29. The Labute approximate surface area is 151 Å². The van der Waals surface area contributed by atoms with E-state index < -0.39 is 11.7 Å². The first-order valence-corrected chi connectivity index (χ1v) is 8.11. The largest absolute Gasteiger partial charge is 0.416 e. The molecule has 0 spiro atoms. The molecule has 3 nitrogen and oxygen atoms in total. The number of nitrogens with zero attached hydrogens (tertiary/aromatic N) is 1. The monoisotopic (exact) mass is 362 g/mol. The number of alkyl halides is 3. The van der Waals surface area contributed by atoms with E-state index in [1.165, 1.54) is 24.3 Å². The standard InChI is InChI=1S/C20H21F3N2O/c1-25(2)14-18(16-8-4-3-5-9-16)24-19(26)12-11-15-7-6-10-17(13-15)20(21,22)23/h3-13,18H,14H2,1-2H3,(H,24,26). The van der Waals surface area contributed by atoms with E-state index in [-0.39, 0.29) is 11.9 Å². The van der Waals surface area contributed by atoms with E-state index in [0.717, 1.165) is 17.7 Å². The number of halogens is 3. The molecule has 0 heterocycles. The molecule has 1 N–H and O–H groups in total. The molecule has 0 saturated carbocycles. The second-order valence-corrected chi connectivity index (χ2v) is 6.19. The summed E-state index contributed by atoms with van der Waals surface area (Å²) in [5.74, 6) is -0.363. The topological polar surface area (TPSA) is 32.3 Å². The minimum absolute atomic E-state index is 0.218. The van der Waals surface area contributed by atoms with Gasteiger partial charge in [-0.15, -0.1) is 0 Å². The third-order valence-electron chi connectivity index (χ3n) is 3.71. The molecular weight excluding hydrogens is 341 g/mol. The van der Waals surface area contributed by atoms with Crippen LogP contribution < -0.4 is 5.32 Å². The maximum atomic E-state index is 12.7. The molecule has 26 heavy (non-hydrogen) atoms. The van der Waals surface area contributed by atoms with Crippen LogP contribution >= 0.6 is 0 Å². The molecule has 138 valence electrons. The number of carbonyl (C=O) groups is 1. The summed E-state index contributed by atoms with van der Waals surface area (Å²) in [6.45, 7) is 0.604. The van der Waals surface area contributed by atoms with Crippen LogP contribution in [0.3, 0.4) is 0 Å². The molecule has 0 radical (unpaired) electrons. The zero-order chi connectivity index (χ0) is 19.2. The lowest BCUT2D eigenvalue weighted by Crippen LogP contribution is -2.34. The molecular formula is C20H21F3N2O. The quantitative estimate of drug-likeness (QED) is 0.784. The molecule has 2 aromatic rings. The maximum Gasteiger partial charge on any atom is 0.416 e. The first-order chi connectivity index (χ1) is 12.3. The van der Waals surface area contributed by atoms with E-state index in [0.29, 0.717) is 12.1 Å². The van der Waals surface area contributed by atoms with Crippen molar-refractivity contribution >= 4 is 12.0 Å². The maximum absolute atomic E-state index is 12.7. The fraction of sp³-hybridized carbons (Fsp3) is 0.250. The normalized spacial score (nSPS) is 13.2. The van der Waals surface area contributed by atoms with Gasteiger partial charge in [0.15, 0.2) is 0 Å². The van der Waals surface area contributed by atoms with E-state index in [1.807, 2.05) is 49.3 Å². The Morgan fingerprint density at radius 3 is 2.42 bits per heavy atom. The molecule has 0 saturated heterocycles. The van der Waals surface area contributed by atoms with Crippen molar-refractivity contribution < 1.29 is 18.0 Å². The SMILES string of the molecule is CN(C)CC(NC(=O)C=Cc1cccc(C(F)(F)F)c1)c1ccccc1. The van der Waals surface area contributed by atoms with Crippen molar-refractivity contribution in [3.05, 3.63) is 77.4 Å². The molecule has 2 aromatic carbocycles. The Hall–Kier alpha value is -2.60. The second kappa shape index (κ2) is 8.67. The summed E-state index contributed by atoms with van der Waals surface area (Å²) >= 11 is 0. The van der Waals surface area contributed by atoms with Gasteiger partial charge in [-0.25, -0.2) is 0 Å². The van der Waals surface area contributed by atoms with Gasteiger partial charge in [-0.3, -0.25) is 4.79 Å². The van der Waals surface area contributed by atoms with E-state index in [4.69, 9.17) is 0 Å². The molecule has 0 aliphatic rings. The summed E-state index contributed by atoms with van der Waals surface area (Å²) in [5, 5.41) is 2.89. The van der Waals surface area contributed by atoms with E-state index in [2.05, 4.69) is 5.32 Å². The number of likely N-dealkylation sites (N-methyl/N-ethyl adjacent to an activating group) is 1. The molecule has 6 heteroatoms. The lowest BCUT2D eigenvalue weighted by molar-refractivity contribution is -0.137. The number of nitrogens with one attached hydrogen (secondary N) is 1. The van der Waals surface area contributed by atoms with Gasteiger partial charge in [0.25, 0.3) is 0 Å². The Balaban J connectivity index is 2.09. The number of hydrogen-bond acceptors (Lipinski definition) is 2. The summed E-state index contributed by atoms with van der Waals surface area (Å²) < 4.78 is 38.2. The van der Waals surface area contributed by atoms with Crippen molar-refractivity contribution in [3.8, 4) is 0 Å². The van der Waals surface area contributed by atoms with E-state index >= 15 is 0 Å². The summed E-state index contributed by atoms with van der Waals surface area (Å²) in [4.78, 5) is 14.2. The predicted molar refractivity (Wildman–Crippen MR) is 96.4 cm³/mol. The van der Waals surface area contributed by atoms with Crippen LogP contribution in [-0.4, -0.2) is 31.4 Å². The van der Waals surface area contributed by atoms with Gasteiger partial charge >= 0.3 is 6.18 Å². The smallest absolute Gasteiger partial charge is 0.344 e. The second-order valence-electron chi connectivity index (χ2n) is 6.19. The van der Waals surface area contributed by atoms with Crippen LogP contribution in [0.2, 0.25) is 0 Å². The highest BCUT2D eigenvalue weighted by Gasteiger charge is 2.30. The van der Waals surface area contributed by atoms with Gasteiger partial charge in [0.05, 0.1) is 11.6 Å². The first-order valence-electron chi connectivity index (χ1n) is 8.11. The Bertz CT molecular complexity index is 755. The Morgan fingerprint density at radius 1 is 1.12 bits per heavy atom. The molecule has 0 aromatic heterocycles. The average Bonchev–Trinajstić information content (AvgIpc) is 2.59. The van der Waals surface area contributed by atoms with Crippen LogP contribution in [0.25, 0.3) is 6.08 Å². The molecule has 0 fully saturated rings. The number of benzene rings is 2. The molecule has 1 amide bonds. The number of amides is 1. The third kappa shape index (κ3) is 6.04. The number of hydrogen-bond donors (Lipinski definition) is 1. The summed E-state index contributed by atoms with van der Waals surface area (Å²) in [6, 6.07) is 14.2. The lowest BCUT2D eigenvalue weighted by Gasteiger charge is -2.22.